The first-order valence-corrected chi connectivity index (χ1v) is 4.25. The lowest BCUT2D eigenvalue weighted by atomic mass is 10.1. The molecule has 0 N–H and O–H groups in total. The Labute approximate surface area is 86.5 Å². The molecule has 1 heterocycles. The van der Waals surface area contributed by atoms with Gasteiger partial charge >= 0.3 is 0 Å². The van der Waals surface area contributed by atoms with Crippen LogP contribution < -0.4 is 4.74 Å². The minimum Gasteiger partial charge on any atom is -0.456 e. The molecule has 0 aromatic carbocycles. The van der Waals surface area contributed by atoms with Crippen molar-refractivity contribution in [1.29, 1.82) is 0 Å². The van der Waals surface area contributed by atoms with Gasteiger partial charge in [-0.25, -0.2) is 4.98 Å². The predicted octanol–water partition coefficient (Wildman–Crippen LogP) is 1.94. The highest BCUT2D eigenvalue weighted by atomic mass is 19.2. The Morgan fingerprint density at radius 3 is 2.60 bits per heavy atom. The molecule has 1 rings (SSSR count). The second-order valence-corrected chi connectivity index (χ2v) is 3.27. The van der Waals surface area contributed by atoms with Gasteiger partial charge in [-0.3, -0.25) is 0 Å². The Morgan fingerprint density at radius 2 is 2.00 bits per heavy atom. The van der Waals surface area contributed by atoms with Crippen molar-refractivity contribution < 1.29 is 13.5 Å². The standard InChI is InChI=1S/C10H10F2N2O/c1-4-5-10(2,3)15-9-7(11)8(12)13-6-14-9/h6H,1-3H3. The number of hydrogen-bond acceptors (Lipinski definition) is 3. The van der Waals surface area contributed by atoms with Gasteiger partial charge in [-0.15, -0.1) is 5.92 Å². The fourth-order valence-corrected chi connectivity index (χ4v) is 0.973. The third-order valence-corrected chi connectivity index (χ3v) is 1.49. The molecule has 0 aliphatic carbocycles. The van der Waals surface area contributed by atoms with Crippen LogP contribution in [0.2, 0.25) is 0 Å². The highest BCUT2D eigenvalue weighted by Gasteiger charge is 2.21. The van der Waals surface area contributed by atoms with Crippen LogP contribution in [-0.2, 0) is 0 Å². The van der Waals surface area contributed by atoms with E-state index in [1.807, 2.05) is 0 Å². The lowest BCUT2D eigenvalue weighted by molar-refractivity contribution is 0.153. The third kappa shape index (κ3) is 2.88. The van der Waals surface area contributed by atoms with Crippen molar-refractivity contribution in [2.24, 2.45) is 0 Å². The summed E-state index contributed by atoms with van der Waals surface area (Å²) in [6.07, 6.45) is 0.892. The zero-order chi connectivity index (χ0) is 11.5. The van der Waals surface area contributed by atoms with Gasteiger partial charge in [0.2, 0.25) is 5.82 Å². The summed E-state index contributed by atoms with van der Waals surface area (Å²) in [6.45, 7) is 4.88. The summed E-state index contributed by atoms with van der Waals surface area (Å²) in [7, 11) is 0. The fourth-order valence-electron chi connectivity index (χ4n) is 0.973. The zero-order valence-electron chi connectivity index (χ0n) is 8.64. The fraction of sp³-hybridized carbons (Fsp3) is 0.400. The van der Waals surface area contributed by atoms with Gasteiger partial charge in [0, 0.05) is 0 Å². The van der Waals surface area contributed by atoms with E-state index in [1.165, 1.54) is 0 Å². The zero-order valence-corrected chi connectivity index (χ0v) is 8.64. The normalized spacial score (nSPS) is 10.5. The van der Waals surface area contributed by atoms with Crippen molar-refractivity contribution in [1.82, 2.24) is 9.97 Å². The molecule has 0 unspecified atom stereocenters. The van der Waals surface area contributed by atoms with E-state index < -0.39 is 23.2 Å². The number of ether oxygens (including phenoxy) is 1. The quantitative estimate of drug-likeness (QED) is 0.555. The SMILES string of the molecule is CC#CC(C)(C)Oc1ncnc(F)c1F. The van der Waals surface area contributed by atoms with Crippen molar-refractivity contribution in [3.8, 4) is 17.7 Å². The van der Waals surface area contributed by atoms with Gasteiger partial charge in [0.1, 0.15) is 6.33 Å². The molecule has 80 valence electrons. The first-order chi connectivity index (χ1) is 6.96. The van der Waals surface area contributed by atoms with E-state index in [0.29, 0.717) is 0 Å². The molecule has 15 heavy (non-hydrogen) atoms. The van der Waals surface area contributed by atoms with Gasteiger partial charge < -0.3 is 4.74 Å². The van der Waals surface area contributed by atoms with Gasteiger partial charge in [-0.1, -0.05) is 5.92 Å². The Morgan fingerprint density at radius 1 is 1.33 bits per heavy atom. The first-order valence-electron chi connectivity index (χ1n) is 4.25. The molecule has 0 fully saturated rings. The van der Waals surface area contributed by atoms with Gasteiger partial charge in [-0.05, 0) is 20.8 Å². The summed E-state index contributed by atoms with van der Waals surface area (Å²) in [6, 6.07) is 0. The Kier molecular flexibility index (Phi) is 3.20. The summed E-state index contributed by atoms with van der Waals surface area (Å²) < 4.78 is 30.9. The molecule has 0 aliphatic rings. The molecular formula is C10H10F2N2O. The van der Waals surface area contributed by atoms with Crippen molar-refractivity contribution in [3.63, 3.8) is 0 Å². The van der Waals surface area contributed by atoms with Crippen LogP contribution >= 0.6 is 0 Å². The van der Waals surface area contributed by atoms with Crippen LogP contribution in [0, 0.1) is 23.6 Å². The number of nitrogens with zero attached hydrogens (tertiary/aromatic N) is 2. The summed E-state index contributed by atoms with van der Waals surface area (Å²) >= 11 is 0. The molecule has 1 aromatic rings. The third-order valence-electron chi connectivity index (χ3n) is 1.49. The summed E-state index contributed by atoms with van der Waals surface area (Å²) in [5.41, 5.74) is -0.920. The van der Waals surface area contributed by atoms with E-state index in [9.17, 15) is 8.78 Å². The Hall–Kier alpha value is -1.70. The Balaban J connectivity index is 2.98. The summed E-state index contributed by atoms with van der Waals surface area (Å²) in [5.74, 6) is 2.45. The summed E-state index contributed by atoms with van der Waals surface area (Å²) in [5, 5.41) is 0. The van der Waals surface area contributed by atoms with Gasteiger partial charge in [0.15, 0.2) is 5.60 Å². The molecule has 5 heteroatoms. The highest BCUT2D eigenvalue weighted by molar-refractivity contribution is 5.17. The molecule has 0 aliphatic heterocycles. The van der Waals surface area contributed by atoms with E-state index in [1.54, 1.807) is 20.8 Å². The van der Waals surface area contributed by atoms with Crippen LogP contribution in [0.25, 0.3) is 0 Å². The number of halogens is 2. The summed E-state index contributed by atoms with van der Waals surface area (Å²) in [4.78, 5) is 6.54. The number of rotatable bonds is 2. The maximum Gasteiger partial charge on any atom is 0.258 e. The topological polar surface area (TPSA) is 35.0 Å². The average molecular weight is 212 g/mol. The maximum absolute atomic E-state index is 13.1. The molecule has 0 saturated heterocycles. The van der Waals surface area contributed by atoms with Crippen molar-refractivity contribution in [2.75, 3.05) is 0 Å². The van der Waals surface area contributed by atoms with Crippen molar-refractivity contribution >= 4 is 0 Å². The van der Waals surface area contributed by atoms with Crippen LogP contribution in [0.5, 0.6) is 5.88 Å². The van der Waals surface area contributed by atoms with Crippen LogP contribution in [0.3, 0.4) is 0 Å². The second-order valence-electron chi connectivity index (χ2n) is 3.27. The molecule has 0 amide bonds. The smallest absolute Gasteiger partial charge is 0.258 e. The van der Waals surface area contributed by atoms with E-state index in [2.05, 4.69) is 21.8 Å². The number of hydrogen-bond donors (Lipinski definition) is 0. The van der Waals surface area contributed by atoms with Crippen LogP contribution in [-0.4, -0.2) is 15.6 Å². The van der Waals surface area contributed by atoms with Gasteiger partial charge in [-0.2, -0.15) is 13.8 Å². The molecule has 0 saturated carbocycles. The van der Waals surface area contributed by atoms with Crippen LogP contribution in [0.15, 0.2) is 6.33 Å². The second kappa shape index (κ2) is 4.22. The van der Waals surface area contributed by atoms with Crippen LogP contribution in [0.4, 0.5) is 8.78 Å². The van der Waals surface area contributed by atoms with Gasteiger partial charge in [0.05, 0.1) is 0 Å². The number of aromatic nitrogens is 2. The van der Waals surface area contributed by atoms with Crippen molar-refractivity contribution in [2.45, 2.75) is 26.4 Å². The highest BCUT2D eigenvalue weighted by Crippen LogP contribution is 2.19. The molecule has 1 aromatic heterocycles. The molecule has 0 spiro atoms. The predicted molar refractivity (Wildman–Crippen MR) is 50.1 cm³/mol. The lowest BCUT2D eigenvalue weighted by Gasteiger charge is -2.19. The van der Waals surface area contributed by atoms with E-state index in [4.69, 9.17) is 4.74 Å². The average Bonchev–Trinajstić information content (AvgIpc) is 2.12. The monoisotopic (exact) mass is 212 g/mol. The van der Waals surface area contributed by atoms with E-state index in [-0.39, 0.29) is 0 Å². The van der Waals surface area contributed by atoms with Crippen LogP contribution in [0.1, 0.15) is 20.8 Å². The molecule has 0 radical (unpaired) electrons. The Bertz CT molecular complexity index is 421. The minimum absolute atomic E-state index is 0.435. The van der Waals surface area contributed by atoms with E-state index >= 15 is 0 Å². The minimum atomic E-state index is -1.24. The molecule has 0 atom stereocenters. The lowest BCUT2D eigenvalue weighted by Crippen LogP contribution is -2.27. The molecule has 3 nitrogen and oxygen atoms in total. The van der Waals surface area contributed by atoms with E-state index in [0.717, 1.165) is 6.33 Å². The molecular weight excluding hydrogens is 202 g/mol. The first kappa shape index (κ1) is 11.4. The van der Waals surface area contributed by atoms with Crippen molar-refractivity contribution in [3.05, 3.63) is 18.1 Å². The maximum atomic E-state index is 13.1. The molecule has 0 bridgehead atoms. The van der Waals surface area contributed by atoms with Gasteiger partial charge in [0.25, 0.3) is 11.8 Å². The largest absolute Gasteiger partial charge is 0.456 e.